The van der Waals surface area contributed by atoms with Gasteiger partial charge in [0.05, 0.1) is 11.4 Å². The van der Waals surface area contributed by atoms with Gasteiger partial charge in [0.15, 0.2) is 5.69 Å². The predicted octanol–water partition coefficient (Wildman–Crippen LogP) is 3.07. The van der Waals surface area contributed by atoms with Gasteiger partial charge < -0.3 is 0 Å². The zero-order valence-electron chi connectivity index (χ0n) is 14.0. The summed E-state index contributed by atoms with van der Waals surface area (Å²) in [6.45, 7) is 6.14. The lowest BCUT2D eigenvalue weighted by molar-refractivity contribution is 0.0948. The zero-order chi connectivity index (χ0) is 17.3. The number of rotatable bonds is 3. The Kier molecular flexibility index (Phi) is 4.18. The van der Waals surface area contributed by atoms with E-state index in [0.717, 1.165) is 22.5 Å². The molecule has 1 aromatic heterocycles. The van der Waals surface area contributed by atoms with Crippen molar-refractivity contribution in [2.75, 3.05) is 0 Å². The van der Waals surface area contributed by atoms with E-state index in [0.29, 0.717) is 0 Å². The molecule has 0 spiro atoms. The number of nitrogen functional groups attached to an aromatic ring is 1. The average molecular weight is 320 g/mol. The number of nitrogens with one attached hydrogen (secondary N) is 1. The summed E-state index contributed by atoms with van der Waals surface area (Å²) in [5.74, 6) is 4.85. The third kappa shape index (κ3) is 2.94. The van der Waals surface area contributed by atoms with E-state index >= 15 is 0 Å². The molecule has 0 aliphatic heterocycles. The van der Waals surface area contributed by atoms with E-state index in [-0.39, 0.29) is 5.69 Å². The van der Waals surface area contributed by atoms with Gasteiger partial charge in [0.2, 0.25) is 0 Å². The van der Waals surface area contributed by atoms with Gasteiger partial charge in [-0.1, -0.05) is 41.5 Å². The Labute approximate surface area is 141 Å². The number of amides is 1. The van der Waals surface area contributed by atoms with Crippen molar-refractivity contribution in [1.29, 1.82) is 0 Å². The Balaban J connectivity index is 2.21. The van der Waals surface area contributed by atoms with E-state index in [4.69, 9.17) is 5.84 Å². The number of carbonyl (C=O) groups is 1. The van der Waals surface area contributed by atoms with Crippen LogP contribution in [-0.4, -0.2) is 15.7 Å². The average Bonchev–Trinajstić information content (AvgIpc) is 3.00. The van der Waals surface area contributed by atoms with Crippen LogP contribution in [-0.2, 0) is 0 Å². The summed E-state index contributed by atoms with van der Waals surface area (Å²) >= 11 is 0. The molecule has 0 unspecified atom stereocenters. The Morgan fingerprint density at radius 3 is 2.29 bits per heavy atom. The molecular weight excluding hydrogens is 300 g/mol. The second-order valence-corrected chi connectivity index (χ2v) is 5.95. The largest absolute Gasteiger partial charge is 0.289 e. The summed E-state index contributed by atoms with van der Waals surface area (Å²) in [5.41, 5.74) is 8.70. The van der Waals surface area contributed by atoms with E-state index in [1.165, 1.54) is 11.1 Å². The van der Waals surface area contributed by atoms with Crippen LogP contribution in [0.15, 0.2) is 48.5 Å². The fourth-order valence-corrected chi connectivity index (χ4v) is 2.74. The minimum absolute atomic E-state index is 0.285. The number of carbonyl (C=O) groups excluding carboxylic acids is 1. The minimum atomic E-state index is -0.410. The summed E-state index contributed by atoms with van der Waals surface area (Å²) in [7, 11) is 0. The molecule has 1 amide bonds. The van der Waals surface area contributed by atoms with Gasteiger partial charge in [0.1, 0.15) is 0 Å². The third-order valence-corrected chi connectivity index (χ3v) is 4.01. The number of hydrazine groups is 1. The molecule has 0 aliphatic carbocycles. The molecule has 5 heteroatoms. The molecule has 3 N–H and O–H groups in total. The van der Waals surface area contributed by atoms with Crippen molar-refractivity contribution in [3.63, 3.8) is 0 Å². The molecule has 24 heavy (non-hydrogen) atoms. The molecule has 1 heterocycles. The zero-order valence-corrected chi connectivity index (χ0v) is 14.0. The number of aryl methyl sites for hydroxylation is 3. The van der Waals surface area contributed by atoms with Crippen molar-refractivity contribution in [2.45, 2.75) is 20.8 Å². The van der Waals surface area contributed by atoms with E-state index < -0.39 is 5.91 Å². The summed E-state index contributed by atoms with van der Waals surface area (Å²) in [5, 5.41) is 4.45. The molecule has 0 atom stereocenters. The number of benzene rings is 2. The van der Waals surface area contributed by atoms with Crippen LogP contribution in [0.3, 0.4) is 0 Å². The highest BCUT2D eigenvalue weighted by Crippen LogP contribution is 2.27. The van der Waals surface area contributed by atoms with Crippen LogP contribution in [0.4, 0.5) is 0 Å². The molecular formula is C19H20N4O. The van der Waals surface area contributed by atoms with Gasteiger partial charge in [-0.25, -0.2) is 10.5 Å². The number of hydrogen-bond donors (Lipinski definition) is 2. The van der Waals surface area contributed by atoms with E-state index in [1.807, 2.05) is 31.2 Å². The van der Waals surface area contributed by atoms with Gasteiger partial charge >= 0.3 is 0 Å². The van der Waals surface area contributed by atoms with Crippen molar-refractivity contribution in [3.8, 4) is 16.9 Å². The van der Waals surface area contributed by atoms with Crippen molar-refractivity contribution in [1.82, 2.24) is 15.2 Å². The van der Waals surface area contributed by atoms with Crippen LogP contribution in [0.1, 0.15) is 27.2 Å². The van der Waals surface area contributed by atoms with Gasteiger partial charge in [0, 0.05) is 5.56 Å². The lowest BCUT2D eigenvalue weighted by Gasteiger charge is -2.10. The number of hydrogen-bond acceptors (Lipinski definition) is 3. The van der Waals surface area contributed by atoms with Crippen LogP contribution >= 0.6 is 0 Å². The molecule has 0 saturated heterocycles. The smallest absolute Gasteiger partial charge is 0.285 e. The SMILES string of the molecule is Cc1ccc(-n2nc(C(=O)NN)cc2-c2ccc(C)cc2C)cc1. The fourth-order valence-electron chi connectivity index (χ4n) is 2.74. The number of nitrogens with two attached hydrogens (primary N) is 1. The topological polar surface area (TPSA) is 72.9 Å². The molecule has 0 fully saturated rings. The maximum Gasteiger partial charge on any atom is 0.285 e. The van der Waals surface area contributed by atoms with Gasteiger partial charge in [0.25, 0.3) is 5.91 Å². The molecule has 122 valence electrons. The summed E-state index contributed by atoms with van der Waals surface area (Å²) in [6.07, 6.45) is 0. The molecule has 0 aliphatic rings. The van der Waals surface area contributed by atoms with Crippen LogP contribution in [0.25, 0.3) is 16.9 Å². The highest BCUT2D eigenvalue weighted by molar-refractivity contribution is 5.93. The predicted molar refractivity (Wildman–Crippen MR) is 94.9 cm³/mol. The minimum Gasteiger partial charge on any atom is -0.289 e. The summed E-state index contributed by atoms with van der Waals surface area (Å²) < 4.78 is 1.78. The number of nitrogens with zero attached hydrogens (tertiary/aromatic N) is 2. The fraction of sp³-hybridized carbons (Fsp3) is 0.158. The summed E-state index contributed by atoms with van der Waals surface area (Å²) in [6, 6.07) is 16.0. The monoisotopic (exact) mass is 320 g/mol. The van der Waals surface area contributed by atoms with Crippen molar-refractivity contribution >= 4 is 5.91 Å². The van der Waals surface area contributed by atoms with Crippen molar-refractivity contribution in [3.05, 3.63) is 70.9 Å². The molecule has 2 aromatic carbocycles. The van der Waals surface area contributed by atoms with E-state index in [2.05, 4.69) is 42.6 Å². The maximum atomic E-state index is 11.9. The van der Waals surface area contributed by atoms with Crippen LogP contribution < -0.4 is 11.3 Å². The van der Waals surface area contributed by atoms with Gasteiger partial charge in [-0.05, 0) is 44.5 Å². The molecule has 5 nitrogen and oxygen atoms in total. The van der Waals surface area contributed by atoms with Gasteiger partial charge in [-0.15, -0.1) is 0 Å². The summed E-state index contributed by atoms with van der Waals surface area (Å²) in [4.78, 5) is 11.9. The quantitative estimate of drug-likeness (QED) is 0.442. The van der Waals surface area contributed by atoms with Crippen molar-refractivity contribution in [2.24, 2.45) is 5.84 Å². The third-order valence-electron chi connectivity index (χ3n) is 4.01. The number of aromatic nitrogens is 2. The first kappa shape index (κ1) is 16.0. The molecule has 0 saturated carbocycles. The van der Waals surface area contributed by atoms with E-state index in [9.17, 15) is 4.79 Å². The lowest BCUT2D eigenvalue weighted by Crippen LogP contribution is -2.30. The van der Waals surface area contributed by atoms with Crippen LogP contribution in [0, 0.1) is 20.8 Å². The van der Waals surface area contributed by atoms with E-state index in [1.54, 1.807) is 10.7 Å². The second kappa shape index (κ2) is 6.29. The molecule has 3 aromatic rings. The Morgan fingerprint density at radius 2 is 1.67 bits per heavy atom. The second-order valence-electron chi connectivity index (χ2n) is 5.95. The highest BCUT2D eigenvalue weighted by atomic mass is 16.2. The molecule has 0 bridgehead atoms. The lowest BCUT2D eigenvalue weighted by atomic mass is 10.0. The Morgan fingerprint density at radius 1 is 1.00 bits per heavy atom. The Bertz CT molecular complexity index is 894. The molecule has 0 radical (unpaired) electrons. The first-order valence-corrected chi connectivity index (χ1v) is 7.75. The first-order valence-electron chi connectivity index (χ1n) is 7.75. The standard InChI is InChI=1S/C19H20N4O/c1-12-4-7-15(8-5-12)23-18(11-17(22-23)19(24)21-20)16-9-6-13(2)10-14(16)3/h4-11H,20H2,1-3H3,(H,21,24). The first-order chi connectivity index (χ1) is 11.5. The van der Waals surface area contributed by atoms with Gasteiger partial charge in [-0.3, -0.25) is 10.2 Å². The van der Waals surface area contributed by atoms with Crippen molar-refractivity contribution < 1.29 is 4.79 Å². The van der Waals surface area contributed by atoms with Crippen LogP contribution in [0.2, 0.25) is 0 Å². The highest BCUT2D eigenvalue weighted by Gasteiger charge is 2.17. The van der Waals surface area contributed by atoms with Gasteiger partial charge in [-0.2, -0.15) is 5.10 Å². The Hall–Kier alpha value is -2.92. The normalized spacial score (nSPS) is 10.7. The maximum absolute atomic E-state index is 11.9. The molecule has 3 rings (SSSR count). The van der Waals surface area contributed by atoms with Crippen LogP contribution in [0.5, 0.6) is 0 Å².